The number of aliphatic hydroxyl groups excluding tert-OH is 2. The summed E-state index contributed by atoms with van der Waals surface area (Å²) in [4.78, 5) is 94.9. The zero-order valence-electron chi connectivity index (χ0n) is 46.0. The molecule has 6 N–H and O–H groups in total. The molecule has 1 saturated heterocycles. The van der Waals surface area contributed by atoms with E-state index in [-0.39, 0.29) is 124 Å². The van der Waals surface area contributed by atoms with Crippen molar-refractivity contribution in [2.75, 3.05) is 61.5 Å². The number of amides is 5. The van der Waals surface area contributed by atoms with Crippen LogP contribution in [0.2, 0.25) is 0 Å². The monoisotopic (exact) mass is 1100 g/mol. The van der Waals surface area contributed by atoms with Crippen molar-refractivity contribution in [3.63, 3.8) is 0 Å². The number of esters is 1. The number of hydrogen-bond acceptors (Lipinski definition) is 13. The molecule has 20 nitrogen and oxygen atoms in total. The Bertz CT molecular complexity index is 3090. The maximum absolute atomic E-state index is 14.1. The number of ether oxygens (including phenoxy) is 3. The average molecular weight is 1100 g/mol. The summed E-state index contributed by atoms with van der Waals surface area (Å²) in [6, 6.07) is 19.9. The normalized spacial score (nSPS) is 15.2. The summed E-state index contributed by atoms with van der Waals surface area (Å²) in [6.45, 7) is 14.6. The minimum atomic E-state index is -1.49. The first-order valence-electron chi connectivity index (χ1n) is 26.7. The number of anilines is 3. The Hall–Kier alpha value is -8.33. The van der Waals surface area contributed by atoms with Crippen LogP contribution in [0, 0.1) is 18.8 Å². The molecule has 0 radical (unpaired) electrons. The molecule has 2 aliphatic heterocycles. The van der Waals surface area contributed by atoms with Gasteiger partial charge in [0.1, 0.15) is 30.4 Å². The molecule has 80 heavy (non-hydrogen) atoms. The highest BCUT2D eigenvalue weighted by molar-refractivity contribution is 6.06. The Morgan fingerprint density at radius 2 is 1.56 bits per heavy atom. The van der Waals surface area contributed by atoms with E-state index in [1.54, 1.807) is 90.9 Å². The molecule has 0 spiro atoms. The number of aryl methyl sites for hydroxylation is 3. The van der Waals surface area contributed by atoms with Crippen molar-refractivity contribution in [3.8, 4) is 16.9 Å². The zero-order chi connectivity index (χ0) is 57.6. The van der Waals surface area contributed by atoms with Gasteiger partial charge in [-0.15, -0.1) is 0 Å². The van der Waals surface area contributed by atoms with Crippen LogP contribution in [0.25, 0.3) is 11.1 Å². The Labute approximate surface area is 465 Å². The highest BCUT2D eigenvalue weighted by Crippen LogP contribution is 2.39. The molecule has 7 rings (SSSR count). The van der Waals surface area contributed by atoms with Gasteiger partial charge < -0.3 is 59.7 Å². The number of carbonyl (C=O) groups is 7. The molecule has 0 aliphatic carbocycles. The maximum atomic E-state index is 14.1. The fourth-order valence-corrected chi connectivity index (χ4v) is 9.58. The second kappa shape index (κ2) is 27.5. The maximum Gasteiger partial charge on any atom is 0.416 e. The van der Waals surface area contributed by atoms with E-state index in [1.807, 2.05) is 32.2 Å². The van der Waals surface area contributed by atoms with Crippen molar-refractivity contribution in [2.45, 2.75) is 78.2 Å². The highest BCUT2D eigenvalue weighted by atomic mass is 16.6. The standard InChI is InChI=1S/C60H72N8O12/c1-8-22-79-55(72)28-43(37(2)3)31-61-32-47(70)26-40-12-14-41(15-13-40)36-80-60(77)68-49-30-53(39(5)25-48(49)58(75)67-33-38(4)24-52(67)59(68)76)78-23-9-11-54(71)63-46-29-51(66(7)35-46)57(74)64-45-18-16-42(17-19-45)44-27-50(65(6)34-44)56(73)62-20-10-21-69/h8,12-19,25,27,29-30,34-35,37,43,52,59,61,69,76H,1,4,9-11,20-24,26,28,31-33,36H2,2-3,5-7H3,(H,62,73)(H,63,71)(H,64,74)/t43-,52+,59?/m1/s1. The van der Waals surface area contributed by atoms with Crippen LogP contribution in [0.5, 0.6) is 5.75 Å². The molecule has 5 amide bonds. The number of benzene rings is 3. The molecular weight excluding hydrogens is 1020 g/mol. The zero-order valence-corrected chi connectivity index (χ0v) is 46.0. The van der Waals surface area contributed by atoms with Crippen molar-refractivity contribution in [2.24, 2.45) is 25.9 Å². The van der Waals surface area contributed by atoms with Crippen LogP contribution in [0.3, 0.4) is 0 Å². The van der Waals surface area contributed by atoms with Crippen LogP contribution in [0.1, 0.15) is 94.0 Å². The average Bonchev–Trinajstić information content (AvgIpc) is 4.22. The predicted octanol–water partition coefficient (Wildman–Crippen LogP) is 6.84. The van der Waals surface area contributed by atoms with Crippen molar-refractivity contribution in [1.29, 1.82) is 0 Å². The number of carbonyl (C=O) groups excluding carboxylic acids is 7. The van der Waals surface area contributed by atoms with Crippen LogP contribution >= 0.6 is 0 Å². The number of nitrogens with one attached hydrogen (secondary N) is 4. The van der Waals surface area contributed by atoms with Gasteiger partial charge in [0.05, 0.1) is 36.1 Å². The Morgan fingerprint density at radius 1 is 0.850 bits per heavy atom. The summed E-state index contributed by atoms with van der Waals surface area (Å²) in [5, 5.41) is 32.6. The van der Waals surface area contributed by atoms with Gasteiger partial charge in [0.25, 0.3) is 17.7 Å². The van der Waals surface area contributed by atoms with E-state index < -0.39 is 24.3 Å². The molecule has 1 unspecified atom stereocenters. The lowest BCUT2D eigenvalue weighted by Crippen LogP contribution is -2.50. The molecule has 3 aromatic carbocycles. The van der Waals surface area contributed by atoms with Crippen molar-refractivity contribution < 1.29 is 58.0 Å². The summed E-state index contributed by atoms with van der Waals surface area (Å²) in [6.07, 6.45) is 4.08. The highest BCUT2D eigenvalue weighted by Gasteiger charge is 2.46. The molecule has 4 heterocycles. The topological polar surface area (TPSA) is 252 Å². The predicted molar refractivity (Wildman–Crippen MR) is 302 cm³/mol. The fraction of sp³-hybridized carbons (Fsp3) is 0.383. The van der Waals surface area contributed by atoms with Crippen LogP contribution in [-0.4, -0.2) is 124 Å². The van der Waals surface area contributed by atoms with Gasteiger partial charge in [0, 0.05) is 82.8 Å². The van der Waals surface area contributed by atoms with E-state index in [4.69, 9.17) is 19.3 Å². The summed E-state index contributed by atoms with van der Waals surface area (Å²) in [5.41, 5.74) is 6.37. The molecular formula is C60H72N8O12. The minimum Gasteiger partial charge on any atom is -0.493 e. The van der Waals surface area contributed by atoms with Gasteiger partial charge in [-0.25, -0.2) is 9.69 Å². The summed E-state index contributed by atoms with van der Waals surface area (Å²) < 4.78 is 20.4. The van der Waals surface area contributed by atoms with E-state index in [0.29, 0.717) is 59.1 Å². The summed E-state index contributed by atoms with van der Waals surface area (Å²) >= 11 is 0. The van der Waals surface area contributed by atoms with E-state index in [0.717, 1.165) is 27.2 Å². The van der Waals surface area contributed by atoms with E-state index in [2.05, 4.69) is 34.4 Å². The van der Waals surface area contributed by atoms with Crippen LogP contribution in [-0.2, 0) is 51.0 Å². The minimum absolute atomic E-state index is 0.00573. The van der Waals surface area contributed by atoms with Crippen LogP contribution in [0.15, 0.2) is 110 Å². The van der Waals surface area contributed by atoms with Crippen LogP contribution in [0.4, 0.5) is 21.9 Å². The molecule has 2 aromatic heterocycles. The van der Waals surface area contributed by atoms with Gasteiger partial charge >= 0.3 is 12.1 Å². The molecule has 3 atom stereocenters. The molecule has 5 aromatic rings. The van der Waals surface area contributed by atoms with Gasteiger partial charge in [-0.2, -0.15) is 0 Å². The first-order valence-corrected chi connectivity index (χ1v) is 26.7. The molecule has 1 fully saturated rings. The third-order valence-corrected chi connectivity index (χ3v) is 14.1. The third-order valence-electron chi connectivity index (χ3n) is 14.1. The van der Waals surface area contributed by atoms with Gasteiger partial charge in [0.15, 0.2) is 12.0 Å². The third kappa shape index (κ3) is 15.3. The number of aromatic nitrogens is 2. The van der Waals surface area contributed by atoms with Crippen molar-refractivity contribution in [3.05, 3.63) is 144 Å². The van der Waals surface area contributed by atoms with E-state index >= 15 is 0 Å². The second-order valence-electron chi connectivity index (χ2n) is 20.6. The number of Topliss-reactive ketones (excluding diaryl/α,β-unsaturated/α-hetero) is 1. The smallest absolute Gasteiger partial charge is 0.416 e. The quantitative estimate of drug-likeness (QED) is 0.0189. The number of ketones is 1. The van der Waals surface area contributed by atoms with Crippen LogP contribution < -0.4 is 30.9 Å². The van der Waals surface area contributed by atoms with Gasteiger partial charge in [-0.3, -0.25) is 28.8 Å². The van der Waals surface area contributed by atoms with Gasteiger partial charge in [-0.1, -0.05) is 75.1 Å². The lowest BCUT2D eigenvalue weighted by molar-refractivity contribution is -0.143. The first kappa shape index (κ1) is 59.3. The van der Waals surface area contributed by atoms with E-state index in [1.165, 1.54) is 17.0 Å². The van der Waals surface area contributed by atoms with Gasteiger partial charge in [-0.05, 0) is 97.2 Å². The van der Waals surface area contributed by atoms with Gasteiger partial charge in [0.2, 0.25) is 5.91 Å². The second-order valence-corrected chi connectivity index (χ2v) is 20.6. The molecule has 20 heteroatoms. The molecule has 0 saturated carbocycles. The Kier molecular flexibility index (Phi) is 20.4. The Morgan fingerprint density at radius 3 is 2.27 bits per heavy atom. The lowest BCUT2D eigenvalue weighted by Gasteiger charge is -2.31. The number of aliphatic hydroxyl groups is 2. The van der Waals surface area contributed by atoms with Crippen molar-refractivity contribution in [1.82, 2.24) is 24.7 Å². The fourth-order valence-electron chi connectivity index (χ4n) is 9.58. The molecule has 2 aliphatic rings. The largest absolute Gasteiger partial charge is 0.493 e. The number of rotatable bonds is 26. The van der Waals surface area contributed by atoms with E-state index in [9.17, 15) is 38.7 Å². The SMILES string of the molecule is C=CCOC(=O)C[C@H](CNCC(=O)Cc1ccc(COC(=O)N2c3cc(OCCCC(=O)Nc4cc(C(=O)Nc5ccc(-c6cc(C(=O)NCCCO)n(C)c6)cc5)n(C)c4)c(C)cc3C(=O)N3CC(=C)C[C@H]3C2O)cc1)C(C)C. The molecule has 424 valence electrons. The Balaban J connectivity index is 0.912. The number of fused-ring (bicyclic) bond motifs is 2. The first-order chi connectivity index (χ1) is 38.3. The number of nitrogens with zero attached hydrogens (tertiary/aromatic N) is 4. The summed E-state index contributed by atoms with van der Waals surface area (Å²) in [5.74, 6) is -1.17. The lowest BCUT2D eigenvalue weighted by atomic mass is 9.92. The summed E-state index contributed by atoms with van der Waals surface area (Å²) in [7, 11) is 3.47. The molecule has 0 bridgehead atoms. The number of hydrogen-bond donors (Lipinski definition) is 6. The van der Waals surface area contributed by atoms with Crippen molar-refractivity contribution >= 4 is 58.5 Å².